The number of rotatable bonds is 7. The van der Waals surface area contributed by atoms with Crippen molar-refractivity contribution in [3.05, 3.63) is 58.9 Å². The van der Waals surface area contributed by atoms with Crippen molar-refractivity contribution in [1.82, 2.24) is 9.88 Å². The SMILES string of the molecule is COc1c(C)cnc(CN(CCN)Cc2ccccc2)c1C. The first kappa shape index (κ1) is 16.5. The molecule has 0 fully saturated rings. The minimum Gasteiger partial charge on any atom is -0.496 e. The van der Waals surface area contributed by atoms with Gasteiger partial charge in [0.05, 0.1) is 12.8 Å². The average Bonchev–Trinajstić information content (AvgIpc) is 2.52. The van der Waals surface area contributed by atoms with Crippen LogP contribution in [0.4, 0.5) is 0 Å². The minimum atomic E-state index is 0.634. The van der Waals surface area contributed by atoms with Gasteiger partial charge in [-0.05, 0) is 19.4 Å². The van der Waals surface area contributed by atoms with Crippen LogP contribution in [-0.2, 0) is 13.1 Å². The van der Waals surface area contributed by atoms with E-state index in [-0.39, 0.29) is 0 Å². The summed E-state index contributed by atoms with van der Waals surface area (Å²) >= 11 is 0. The third kappa shape index (κ3) is 4.06. The quantitative estimate of drug-likeness (QED) is 0.854. The molecule has 1 heterocycles. The second-order valence-electron chi connectivity index (χ2n) is 5.53. The summed E-state index contributed by atoms with van der Waals surface area (Å²) < 4.78 is 5.49. The monoisotopic (exact) mass is 299 g/mol. The van der Waals surface area contributed by atoms with Crippen molar-refractivity contribution in [2.75, 3.05) is 20.2 Å². The smallest absolute Gasteiger partial charge is 0.128 e. The highest BCUT2D eigenvalue weighted by atomic mass is 16.5. The molecule has 1 aromatic heterocycles. The summed E-state index contributed by atoms with van der Waals surface area (Å²) in [5.41, 5.74) is 10.3. The van der Waals surface area contributed by atoms with E-state index in [2.05, 4.69) is 41.1 Å². The van der Waals surface area contributed by atoms with Crippen molar-refractivity contribution in [2.45, 2.75) is 26.9 Å². The van der Waals surface area contributed by atoms with Gasteiger partial charge in [-0.2, -0.15) is 0 Å². The standard InChI is InChI=1S/C18H25N3O/c1-14-11-20-17(15(2)18(14)22-3)13-21(10-9-19)12-16-7-5-4-6-8-16/h4-8,11H,9-10,12-13,19H2,1-3H3. The summed E-state index contributed by atoms with van der Waals surface area (Å²) in [7, 11) is 1.71. The molecule has 4 nitrogen and oxygen atoms in total. The third-order valence-corrected chi connectivity index (χ3v) is 3.82. The molecule has 1 aromatic carbocycles. The molecule has 0 aliphatic carbocycles. The van der Waals surface area contributed by atoms with Gasteiger partial charge in [-0.25, -0.2) is 0 Å². The summed E-state index contributed by atoms with van der Waals surface area (Å²) in [5.74, 6) is 0.928. The van der Waals surface area contributed by atoms with Gasteiger partial charge < -0.3 is 10.5 Å². The molecule has 0 amide bonds. The van der Waals surface area contributed by atoms with Crippen molar-refractivity contribution in [2.24, 2.45) is 5.73 Å². The zero-order valence-corrected chi connectivity index (χ0v) is 13.7. The molecule has 0 unspecified atom stereocenters. The largest absolute Gasteiger partial charge is 0.496 e. The molecule has 2 aromatic rings. The Hall–Kier alpha value is -1.91. The number of aromatic nitrogens is 1. The van der Waals surface area contributed by atoms with Crippen LogP contribution < -0.4 is 10.5 Å². The normalized spacial score (nSPS) is 11.0. The molecular formula is C18H25N3O. The first-order valence-corrected chi connectivity index (χ1v) is 7.61. The van der Waals surface area contributed by atoms with Crippen LogP contribution >= 0.6 is 0 Å². The fourth-order valence-electron chi connectivity index (χ4n) is 2.68. The molecular weight excluding hydrogens is 274 g/mol. The first-order valence-electron chi connectivity index (χ1n) is 7.61. The van der Waals surface area contributed by atoms with Crippen LogP contribution in [0.3, 0.4) is 0 Å². The predicted octanol–water partition coefficient (Wildman–Crippen LogP) is 2.67. The molecule has 2 rings (SSSR count). The molecule has 0 aliphatic heterocycles. The number of hydrogen-bond donors (Lipinski definition) is 1. The maximum Gasteiger partial charge on any atom is 0.128 e. The van der Waals surface area contributed by atoms with Gasteiger partial charge in [0, 0.05) is 43.5 Å². The van der Waals surface area contributed by atoms with Crippen molar-refractivity contribution in [3.63, 3.8) is 0 Å². The summed E-state index contributed by atoms with van der Waals surface area (Å²) in [6.45, 7) is 7.20. The lowest BCUT2D eigenvalue weighted by molar-refractivity contribution is 0.260. The van der Waals surface area contributed by atoms with E-state index in [9.17, 15) is 0 Å². The molecule has 2 N–H and O–H groups in total. The van der Waals surface area contributed by atoms with Gasteiger partial charge in [-0.1, -0.05) is 30.3 Å². The minimum absolute atomic E-state index is 0.634. The highest BCUT2D eigenvalue weighted by Crippen LogP contribution is 2.25. The second-order valence-corrected chi connectivity index (χ2v) is 5.53. The zero-order valence-electron chi connectivity index (χ0n) is 13.7. The van der Waals surface area contributed by atoms with E-state index in [1.54, 1.807) is 7.11 Å². The van der Waals surface area contributed by atoms with Gasteiger partial charge in [0.25, 0.3) is 0 Å². The van der Waals surface area contributed by atoms with Gasteiger partial charge in [-0.3, -0.25) is 9.88 Å². The van der Waals surface area contributed by atoms with Crippen LogP contribution in [0.5, 0.6) is 5.75 Å². The third-order valence-electron chi connectivity index (χ3n) is 3.82. The topological polar surface area (TPSA) is 51.4 Å². The lowest BCUT2D eigenvalue weighted by atomic mass is 10.1. The lowest BCUT2D eigenvalue weighted by Gasteiger charge is -2.23. The Morgan fingerprint density at radius 3 is 2.50 bits per heavy atom. The van der Waals surface area contributed by atoms with Crippen LogP contribution in [0, 0.1) is 13.8 Å². The molecule has 0 bridgehead atoms. The Morgan fingerprint density at radius 1 is 1.14 bits per heavy atom. The molecule has 0 saturated carbocycles. The van der Waals surface area contributed by atoms with E-state index < -0.39 is 0 Å². The van der Waals surface area contributed by atoms with Crippen LogP contribution in [-0.4, -0.2) is 30.1 Å². The van der Waals surface area contributed by atoms with Crippen molar-refractivity contribution in [1.29, 1.82) is 0 Å². The van der Waals surface area contributed by atoms with Crippen LogP contribution in [0.2, 0.25) is 0 Å². The number of ether oxygens (including phenoxy) is 1. The Morgan fingerprint density at radius 2 is 1.86 bits per heavy atom. The summed E-state index contributed by atoms with van der Waals surface area (Å²) in [5, 5.41) is 0. The molecule has 0 aliphatic rings. The van der Waals surface area contributed by atoms with Crippen LogP contribution in [0.15, 0.2) is 36.5 Å². The number of benzene rings is 1. The Kier molecular flexibility index (Phi) is 5.92. The number of methoxy groups -OCH3 is 1. The molecule has 0 spiro atoms. The van der Waals surface area contributed by atoms with E-state index in [0.29, 0.717) is 6.54 Å². The first-order chi connectivity index (χ1) is 10.7. The van der Waals surface area contributed by atoms with Gasteiger partial charge in [-0.15, -0.1) is 0 Å². The van der Waals surface area contributed by atoms with Gasteiger partial charge >= 0.3 is 0 Å². The number of nitrogens with zero attached hydrogens (tertiary/aromatic N) is 2. The molecule has 118 valence electrons. The van der Waals surface area contributed by atoms with Gasteiger partial charge in [0.15, 0.2) is 0 Å². The molecule has 0 radical (unpaired) electrons. The highest BCUT2D eigenvalue weighted by molar-refractivity contribution is 5.41. The second kappa shape index (κ2) is 7.92. The lowest BCUT2D eigenvalue weighted by Crippen LogP contribution is -2.29. The maximum atomic E-state index is 5.77. The molecule has 4 heteroatoms. The van der Waals surface area contributed by atoms with Crippen LogP contribution in [0.1, 0.15) is 22.4 Å². The predicted molar refractivity (Wildman–Crippen MR) is 89.9 cm³/mol. The number of hydrogen-bond acceptors (Lipinski definition) is 4. The molecule has 0 atom stereocenters. The van der Waals surface area contributed by atoms with Gasteiger partial charge in [0.2, 0.25) is 0 Å². The number of nitrogens with two attached hydrogens (primary N) is 1. The fourth-order valence-corrected chi connectivity index (χ4v) is 2.68. The van der Waals surface area contributed by atoms with Crippen molar-refractivity contribution in [3.8, 4) is 5.75 Å². The van der Waals surface area contributed by atoms with Crippen LogP contribution in [0.25, 0.3) is 0 Å². The Balaban J connectivity index is 2.17. The van der Waals surface area contributed by atoms with E-state index in [1.807, 2.05) is 19.2 Å². The number of pyridine rings is 1. The zero-order chi connectivity index (χ0) is 15.9. The molecule has 22 heavy (non-hydrogen) atoms. The van der Waals surface area contributed by atoms with Crippen molar-refractivity contribution < 1.29 is 4.74 Å². The Bertz CT molecular complexity index is 599. The van der Waals surface area contributed by atoms with Crippen molar-refractivity contribution >= 4 is 0 Å². The van der Waals surface area contributed by atoms with E-state index in [0.717, 1.165) is 42.2 Å². The van der Waals surface area contributed by atoms with E-state index in [1.165, 1.54) is 5.56 Å². The van der Waals surface area contributed by atoms with E-state index in [4.69, 9.17) is 10.5 Å². The Labute approximate surface area is 132 Å². The summed E-state index contributed by atoms with van der Waals surface area (Å²) in [6, 6.07) is 10.4. The fraction of sp³-hybridized carbons (Fsp3) is 0.389. The number of aryl methyl sites for hydroxylation is 1. The molecule has 0 saturated heterocycles. The maximum absolute atomic E-state index is 5.77. The summed E-state index contributed by atoms with van der Waals surface area (Å²) in [6.07, 6.45) is 1.88. The summed E-state index contributed by atoms with van der Waals surface area (Å²) in [4.78, 5) is 6.91. The van der Waals surface area contributed by atoms with Gasteiger partial charge in [0.1, 0.15) is 5.75 Å². The average molecular weight is 299 g/mol. The highest BCUT2D eigenvalue weighted by Gasteiger charge is 2.13. The van der Waals surface area contributed by atoms with E-state index >= 15 is 0 Å².